The van der Waals surface area contributed by atoms with E-state index < -0.39 is 5.97 Å². The minimum absolute atomic E-state index is 0.135. The minimum Gasteiger partial charge on any atom is -0.463 e. The van der Waals surface area contributed by atoms with Gasteiger partial charge in [-0.1, -0.05) is 0 Å². The highest BCUT2D eigenvalue weighted by atomic mass is 32.2. The molecule has 0 aliphatic carbocycles. The lowest BCUT2D eigenvalue weighted by Crippen LogP contribution is -2.02. The largest absolute Gasteiger partial charge is 0.463 e. The third kappa shape index (κ3) is 2.78. The molecule has 78 valence electrons. The first-order valence-electron chi connectivity index (χ1n) is 4.13. The van der Waals surface area contributed by atoms with E-state index >= 15 is 0 Å². The van der Waals surface area contributed by atoms with Crippen LogP contribution in [0.3, 0.4) is 0 Å². The highest BCUT2D eigenvalue weighted by Gasteiger charge is 2.14. The van der Waals surface area contributed by atoms with Crippen LogP contribution in [0.5, 0.6) is 0 Å². The molecule has 0 saturated carbocycles. The summed E-state index contributed by atoms with van der Waals surface area (Å²) in [7, 11) is 1.31. The Morgan fingerprint density at radius 1 is 1.71 bits per heavy atom. The molecule has 5 heteroatoms. The lowest BCUT2D eigenvalue weighted by molar-refractivity contribution is 0.0564. The summed E-state index contributed by atoms with van der Waals surface area (Å²) in [6, 6.07) is 1.73. The van der Waals surface area contributed by atoms with E-state index in [4.69, 9.17) is 9.52 Å². The Labute approximate surface area is 86.2 Å². The summed E-state index contributed by atoms with van der Waals surface area (Å²) < 4.78 is 9.55. The summed E-state index contributed by atoms with van der Waals surface area (Å²) in [4.78, 5) is 11.2. The second-order valence-corrected chi connectivity index (χ2v) is 3.65. The molecule has 0 saturated heterocycles. The normalized spacial score (nSPS) is 10.1. The molecule has 1 rings (SSSR count). The number of aliphatic hydroxyl groups is 1. The molecule has 0 aliphatic rings. The van der Waals surface area contributed by atoms with Crippen LogP contribution in [0.1, 0.15) is 16.1 Å². The Morgan fingerprint density at radius 3 is 3.14 bits per heavy atom. The molecule has 0 radical (unpaired) electrons. The molecule has 0 bridgehead atoms. The van der Waals surface area contributed by atoms with Gasteiger partial charge in [0, 0.05) is 17.1 Å². The first-order valence-corrected chi connectivity index (χ1v) is 5.28. The van der Waals surface area contributed by atoms with E-state index in [0.29, 0.717) is 11.5 Å². The van der Waals surface area contributed by atoms with Gasteiger partial charge in [0.25, 0.3) is 0 Å². The smallest absolute Gasteiger partial charge is 0.374 e. The molecular formula is C9H12O4S. The molecule has 1 aromatic rings. The summed E-state index contributed by atoms with van der Waals surface area (Å²) in [5.74, 6) is 1.07. The van der Waals surface area contributed by atoms with Crippen molar-refractivity contribution < 1.29 is 19.1 Å². The van der Waals surface area contributed by atoms with E-state index in [-0.39, 0.29) is 12.4 Å². The van der Waals surface area contributed by atoms with Crippen LogP contribution in [0.4, 0.5) is 0 Å². The Bertz CT molecular complexity index is 295. The van der Waals surface area contributed by atoms with Crippen molar-refractivity contribution in [3.8, 4) is 0 Å². The van der Waals surface area contributed by atoms with Crippen LogP contribution in [-0.2, 0) is 10.5 Å². The van der Waals surface area contributed by atoms with Crippen LogP contribution < -0.4 is 0 Å². The first kappa shape index (κ1) is 11.1. The number of hydrogen-bond donors (Lipinski definition) is 1. The van der Waals surface area contributed by atoms with Crippen molar-refractivity contribution >= 4 is 17.7 Å². The quantitative estimate of drug-likeness (QED) is 0.593. The van der Waals surface area contributed by atoms with Crippen molar-refractivity contribution in [2.45, 2.75) is 5.75 Å². The van der Waals surface area contributed by atoms with Gasteiger partial charge >= 0.3 is 5.97 Å². The van der Waals surface area contributed by atoms with Gasteiger partial charge in [-0.15, -0.1) is 0 Å². The van der Waals surface area contributed by atoms with E-state index in [9.17, 15) is 4.79 Å². The number of rotatable bonds is 5. The highest BCUT2D eigenvalue weighted by Crippen LogP contribution is 2.18. The van der Waals surface area contributed by atoms with Gasteiger partial charge in [-0.25, -0.2) is 4.79 Å². The maximum Gasteiger partial charge on any atom is 0.374 e. The fourth-order valence-electron chi connectivity index (χ4n) is 0.968. The molecule has 4 nitrogen and oxygen atoms in total. The number of hydrogen-bond acceptors (Lipinski definition) is 5. The van der Waals surface area contributed by atoms with Gasteiger partial charge in [0.05, 0.1) is 20.0 Å². The van der Waals surface area contributed by atoms with Gasteiger partial charge < -0.3 is 14.3 Å². The van der Waals surface area contributed by atoms with Gasteiger partial charge in [-0.3, -0.25) is 0 Å². The molecule has 0 amide bonds. The van der Waals surface area contributed by atoms with Crippen LogP contribution in [0.25, 0.3) is 0 Å². The van der Waals surface area contributed by atoms with E-state index in [1.54, 1.807) is 6.07 Å². The summed E-state index contributed by atoms with van der Waals surface area (Å²) in [5.41, 5.74) is 0.801. The van der Waals surface area contributed by atoms with Gasteiger partial charge in [-0.05, 0) is 6.07 Å². The van der Waals surface area contributed by atoms with Crippen molar-refractivity contribution in [1.29, 1.82) is 0 Å². The van der Waals surface area contributed by atoms with Crippen LogP contribution >= 0.6 is 11.8 Å². The van der Waals surface area contributed by atoms with Gasteiger partial charge in [0.15, 0.2) is 0 Å². The molecule has 0 aliphatic heterocycles. The molecule has 0 atom stereocenters. The first-order chi connectivity index (χ1) is 6.79. The fourth-order valence-corrected chi connectivity index (χ4v) is 1.69. The second kappa shape index (κ2) is 5.72. The van der Waals surface area contributed by atoms with Crippen molar-refractivity contribution in [2.75, 3.05) is 19.5 Å². The Balaban J connectivity index is 2.58. The van der Waals surface area contributed by atoms with Crippen LogP contribution in [-0.4, -0.2) is 30.5 Å². The second-order valence-electron chi connectivity index (χ2n) is 2.54. The minimum atomic E-state index is -0.463. The average Bonchev–Trinajstić information content (AvgIpc) is 2.65. The van der Waals surface area contributed by atoms with Crippen LogP contribution in [0.15, 0.2) is 16.7 Å². The third-order valence-electron chi connectivity index (χ3n) is 1.61. The van der Waals surface area contributed by atoms with Crippen molar-refractivity contribution in [1.82, 2.24) is 0 Å². The molecular weight excluding hydrogens is 204 g/mol. The number of ether oxygens (including phenoxy) is 1. The van der Waals surface area contributed by atoms with Crippen LogP contribution in [0.2, 0.25) is 0 Å². The van der Waals surface area contributed by atoms with E-state index in [2.05, 4.69) is 4.74 Å². The van der Waals surface area contributed by atoms with Gasteiger partial charge in [0.1, 0.15) is 0 Å². The van der Waals surface area contributed by atoms with E-state index in [0.717, 1.165) is 5.56 Å². The number of carbonyl (C=O) groups is 1. The maximum atomic E-state index is 11.2. The molecule has 0 fully saturated rings. The maximum absolute atomic E-state index is 11.2. The average molecular weight is 216 g/mol. The summed E-state index contributed by atoms with van der Waals surface area (Å²) in [6.07, 6.45) is 1.46. The van der Waals surface area contributed by atoms with Crippen molar-refractivity contribution in [3.63, 3.8) is 0 Å². The van der Waals surface area contributed by atoms with Gasteiger partial charge in [-0.2, -0.15) is 11.8 Å². The fraction of sp³-hybridized carbons (Fsp3) is 0.444. The molecule has 0 unspecified atom stereocenters. The van der Waals surface area contributed by atoms with Crippen molar-refractivity contribution in [3.05, 3.63) is 23.7 Å². The molecule has 0 spiro atoms. The summed E-state index contributed by atoms with van der Waals surface area (Å²) in [6.45, 7) is 0.135. The number of aliphatic hydroxyl groups excluding tert-OH is 1. The predicted octanol–water partition coefficient (Wildman–Crippen LogP) is 1.29. The molecule has 14 heavy (non-hydrogen) atoms. The number of esters is 1. The zero-order valence-corrected chi connectivity index (χ0v) is 8.67. The summed E-state index contributed by atoms with van der Waals surface area (Å²) >= 11 is 1.54. The number of thioether (sulfide) groups is 1. The molecule has 1 aromatic heterocycles. The highest BCUT2D eigenvalue weighted by molar-refractivity contribution is 7.98. The third-order valence-corrected chi connectivity index (χ3v) is 2.60. The number of furan rings is 1. The lowest BCUT2D eigenvalue weighted by atomic mass is 10.3. The van der Waals surface area contributed by atoms with E-state index in [1.165, 1.54) is 25.1 Å². The van der Waals surface area contributed by atoms with Gasteiger partial charge in [0.2, 0.25) is 5.76 Å². The Morgan fingerprint density at radius 2 is 2.50 bits per heavy atom. The number of carbonyl (C=O) groups excluding carboxylic acids is 1. The molecule has 1 N–H and O–H groups in total. The SMILES string of the molecule is COC(=O)c1occc1CSCCO. The zero-order chi connectivity index (χ0) is 10.4. The monoisotopic (exact) mass is 216 g/mol. The topological polar surface area (TPSA) is 59.7 Å². The van der Waals surface area contributed by atoms with Crippen LogP contribution in [0, 0.1) is 0 Å². The standard InChI is InChI=1S/C9H12O4S/c1-12-9(11)8-7(2-4-13-8)6-14-5-3-10/h2,4,10H,3,5-6H2,1H3. The summed E-state index contributed by atoms with van der Waals surface area (Å²) in [5, 5.41) is 8.58. The Hall–Kier alpha value is -0.940. The molecule has 1 heterocycles. The van der Waals surface area contributed by atoms with Crippen molar-refractivity contribution in [2.24, 2.45) is 0 Å². The zero-order valence-electron chi connectivity index (χ0n) is 7.86. The Kier molecular flexibility index (Phi) is 4.55. The van der Waals surface area contributed by atoms with E-state index in [1.807, 2.05) is 0 Å². The molecule has 0 aromatic carbocycles. The lowest BCUT2D eigenvalue weighted by Gasteiger charge is -1.99. The number of methoxy groups -OCH3 is 1. The predicted molar refractivity (Wildman–Crippen MR) is 53.3 cm³/mol.